The second-order valence-electron chi connectivity index (χ2n) is 4.17. The van der Waals surface area contributed by atoms with E-state index in [9.17, 15) is 9.90 Å². The summed E-state index contributed by atoms with van der Waals surface area (Å²) >= 11 is 3.34. The highest BCUT2D eigenvalue weighted by molar-refractivity contribution is 9.10. The largest absolute Gasteiger partial charge is 0.480 e. The Kier molecular flexibility index (Phi) is 3.07. The molecule has 0 aliphatic heterocycles. The Balaban J connectivity index is 2.25. The van der Waals surface area contributed by atoms with Crippen molar-refractivity contribution in [2.45, 2.75) is 24.8 Å². The monoisotopic (exact) mass is 294 g/mol. The molecule has 1 aromatic rings. The van der Waals surface area contributed by atoms with Gasteiger partial charge in [0.2, 0.25) is 0 Å². The number of hydrogen-bond acceptors (Lipinski definition) is 3. The molecule has 0 bridgehead atoms. The lowest BCUT2D eigenvalue weighted by atomic mass is 9.76. The molecule has 2 rings (SSSR count). The van der Waals surface area contributed by atoms with Gasteiger partial charge in [-0.15, -0.1) is 0 Å². The van der Waals surface area contributed by atoms with Gasteiger partial charge in [-0.2, -0.15) is 5.26 Å². The summed E-state index contributed by atoms with van der Waals surface area (Å²) in [6, 6.07) is 7.11. The number of aliphatic carboxylic acids is 1. The number of nitrogens with zero attached hydrogens (tertiary/aromatic N) is 1. The van der Waals surface area contributed by atoms with E-state index in [4.69, 9.17) is 5.26 Å². The van der Waals surface area contributed by atoms with Crippen LogP contribution in [0.15, 0.2) is 22.7 Å². The van der Waals surface area contributed by atoms with Crippen molar-refractivity contribution in [2.24, 2.45) is 0 Å². The summed E-state index contributed by atoms with van der Waals surface area (Å²) < 4.78 is 0.712. The van der Waals surface area contributed by atoms with Crippen LogP contribution in [0, 0.1) is 11.3 Å². The van der Waals surface area contributed by atoms with E-state index in [1.807, 2.05) is 6.07 Å². The molecule has 0 saturated heterocycles. The Labute approximate surface area is 107 Å². The molecule has 1 aromatic carbocycles. The minimum absolute atomic E-state index is 0.542. The highest BCUT2D eigenvalue weighted by Crippen LogP contribution is 2.37. The van der Waals surface area contributed by atoms with E-state index in [2.05, 4.69) is 21.2 Å². The van der Waals surface area contributed by atoms with Crippen LogP contribution in [0.4, 0.5) is 5.69 Å². The normalized spacial score (nSPS) is 16.7. The van der Waals surface area contributed by atoms with Crippen LogP contribution in [0.25, 0.3) is 0 Å². The second kappa shape index (κ2) is 4.38. The molecule has 5 heteroatoms. The molecule has 17 heavy (non-hydrogen) atoms. The summed E-state index contributed by atoms with van der Waals surface area (Å²) in [5.41, 5.74) is 0.419. The average molecular weight is 295 g/mol. The Hall–Kier alpha value is -1.54. The standard InChI is InChI=1S/C12H11BrN2O2/c13-9-6-8(7-14)2-3-10(9)15-12(11(16)17)4-1-5-12/h2-3,6,15H,1,4-5H2,(H,16,17). The predicted molar refractivity (Wildman–Crippen MR) is 66.7 cm³/mol. The lowest BCUT2D eigenvalue weighted by Crippen LogP contribution is -2.52. The van der Waals surface area contributed by atoms with E-state index in [0.717, 1.165) is 6.42 Å². The SMILES string of the molecule is N#Cc1ccc(NC2(C(=O)O)CCC2)c(Br)c1. The molecular formula is C12H11BrN2O2. The molecule has 4 nitrogen and oxygen atoms in total. The predicted octanol–water partition coefficient (Wildman–Crippen LogP) is 2.74. The van der Waals surface area contributed by atoms with E-state index >= 15 is 0 Å². The summed E-state index contributed by atoms with van der Waals surface area (Å²) in [6.07, 6.45) is 2.19. The molecule has 0 heterocycles. The van der Waals surface area contributed by atoms with Crippen molar-refractivity contribution in [3.05, 3.63) is 28.2 Å². The van der Waals surface area contributed by atoms with Crippen molar-refractivity contribution in [3.8, 4) is 6.07 Å². The summed E-state index contributed by atoms with van der Waals surface area (Å²) in [4.78, 5) is 11.2. The molecule has 2 N–H and O–H groups in total. The van der Waals surface area contributed by atoms with Crippen molar-refractivity contribution in [1.82, 2.24) is 0 Å². The number of anilines is 1. The number of nitrogens with one attached hydrogen (secondary N) is 1. The van der Waals surface area contributed by atoms with Gasteiger partial charge in [0, 0.05) is 10.2 Å². The molecule has 0 atom stereocenters. The number of rotatable bonds is 3. The van der Waals surface area contributed by atoms with E-state index in [1.165, 1.54) is 0 Å². The van der Waals surface area contributed by atoms with Gasteiger partial charge in [-0.3, -0.25) is 0 Å². The summed E-state index contributed by atoms with van der Waals surface area (Å²) in [7, 11) is 0. The molecular weight excluding hydrogens is 284 g/mol. The minimum atomic E-state index is -0.837. The molecule has 1 aliphatic rings. The van der Waals surface area contributed by atoms with Crippen LogP contribution in [0.5, 0.6) is 0 Å². The average Bonchev–Trinajstić information content (AvgIpc) is 2.24. The van der Waals surface area contributed by atoms with Gasteiger partial charge >= 0.3 is 5.97 Å². The van der Waals surface area contributed by atoms with Gasteiger partial charge in [0.25, 0.3) is 0 Å². The first kappa shape index (κ1) is 11.9. The smallest absolute Gasteiger partial charge is 0.329 e. The number of halogens is 1. The molecule has 1 fully saturated rings. The highest BCUT2D eigenvalue weighted by Gasteiger charge is 2.44. The van der Waals surface area contributed by atoms with E-state index in [0.29, 0.717) is 28.6 Å². The van der Waals surface area contributed by atoms with Crippen molar-refractivity contribution < 1.29 is 9.90 Å². The maximum absolute atomic E-state index is 11.2. The van der Waals surface area contributed by atoms with Gasteiger partial charge < -0.3 is 10.4 Å². The second-order valence-corrected chi connectivity index (χ2v) is 5.03. The van der Waals surface area contributed by atoms with Gasteiger partial charge in [0.1, 0.15) is 5.54 Å². The Morgan fingerprint density at radius 2 is 2.24 bits per heavy atom. The Morgan fingerprint density at radius 1 is 1.53 bits per heavy atom. The van der Waals surface area contributed by atoms with Crippen LogP contribution < -0.4 is 5.32 Å². The van der Waals surface area contributed by atoms with Crippen LogP contribution in [-0.4, -0.2) is 16.6 Å². The highest BCUT2D eigenvalue weighted by atomic mass is 79.9. The first-order valence-electron chi connectivity index (χ1n) is 5.29. The van der Waals surface area contributed by atoms with Crippen molar-refractivity contribution >= 4 is 27.6 Å². The third kappa shape index (κ3) is 2.13. The van der Waals surface area contributed by atoms with Gasteiger partial charge in [0.05, 0.1) is 11.6 Å². The van der Waals surface area contributed by atoms with Crippen LogP contribution >= 0.6 is 15.9 Å². The van der Waals surface area contributed by atoms with Crippen molar-refractivity contribution in [3.63, 3.8) is 0 Å². The third-order valence-corrected chi connectivity index (χ3v) is 3.74. The van der Waals surface area contributed by atoms with Gasteiger partial charge in [-0.05, 0) is 53.4 Å². The van der Waals surface area contributed by atoms with Gasteiger partial charge in [0.15, 0.2) is 0 Å². The number of hydrogen-bond donors (Lipinski definition) is 2. The van der Waals surface area contributed by atoms with Gasteiger partial charge in [-0.25, -0.2) is 4.79 Å². The Bertz CT molecular complexity index is 504. The minimum Gasteiger partial charge on any atom is -0.480 e. The number of carboxylic acid groups (broad SMARTS) is 1. The number of carbonyl (C=O) groups is 1. The number of carboxylic acids is 1. The fourth-order valence-corrected chi connectivity index (χ4v) is 2.34. The summed E-state index contributed by atoms with van der Waals surface area (Å²) in [6.45, 7) is 0. The zero-order chi connectivity index (χ0) is 12.5. The zero-order valence-corrected chi connectivity index (χ0v) is 10.6. The third-order valence-electron chi connectivity index (χ3n) is 3.09. The molecule has 0 unspecified atom stereocenters. The molecule has 1 aliphatic carbocycles. The maximum Gasteiger partial charge on any atom is 0.329 e. The van der Waals surface area contributed by atoms with Crippen LogP contribution in [0.3, 0.4) is 0 Å². The molecule has 0 amide bonds. The molecule has 0 spiro atoms. The topological polar surface area (TPSA) is 73.1 Å². The van der Waals surface area contributed by atoms with Crippen LogP contribution in [0.2, 0.25) is 0 Å². The summed E-state index contributed by atoms with van der Waals surface area (Å²) in [5.74, 6) is -0.819. The molecule has 0 radical (unpaired) electrons. The fourth-order valence-electron chi connectivity index (χ4n) is 1.87. The van der Waals surface area contributed by atoms with Crippen molar-refractivity contribution in [1.29, 1.82) is 5.26 Å². The maximum atomic E-state index is 11.2. The lowest BCUT2D eigenvalue weighted by Gasteiger charge is -2.39. The number of nitriles is 1. The van der Waals surface area contributed by atoms with Crippen LogP contribution in [-0.2, 0) is 4.79 Å². The van der Waals surface area contributed by atoms with E-state index in [-0.39, 0.29) is 0 Å². The first-order chi connectivity index (χ1) is 8.07. The molecule has 0 aromatic heterocycles. The molecule has 1 saturated carbocycles. The van der Waals surface area contributed by atoms with E-state index < -0.39 is 11.5 Å². The number of benzene rings is 1. The first-order valence-corrected chi connectivity index (χ1v) is 6.08. The van der Waals surface area contributed by atoms with Gasteiger partial charge in [-0.1, -0.05) is 0 Å². The van der Waals surface area contributed by atoms with Crippen LogP contribution in [0.1, 0.15) is 24.8 Å². The van der Waals surface area contributed by atoms with E-state index in [1.54, 1.807) is 18.2 Å². The Morgan fingerprint density at radius 3 is 2.65 bits per heavy atom. The van der Waals surface area contributed by atoms with Crippen molar-refractivity contribution in [2.75, 3.05) is 5.32 Å². The molecule has 88 valence electrons. The quantitative estimate of drug-likeness (QED) is 0.899. The summed E-state index contributed by atoms with van der Waals surface area (Å²) in [5, 5.41) is 21.0. The fraction of sp³-hybridized carbons (Fsp3) is 0.333. The lowest BCUT2D eigenvalue weighted by molar-refractivity contribution is -0.145. The zero-order valence-electron chi connectivity index (χ0n) is 9.03.